The molecule has 33 heavy (non-hydrogen) atoms. The van der Waals surface area contributed by atoms with E-state index in [4.69, 9.17) is 5.73 Å². The summed E-state index contributed by atoms with van der Waals surface area (Å²) in [5, 5.41) is 36.2. The first-order valence-electron chi connectivity index (χ1n) is 10.6. The van der Waals surface area contributed by atoms with Crippen molar-refractivity contribution in [2.45, 2.75) is 76.9 Å². The zero-order valence-electron chi connectivity index (χ0n) is 19.1. The maximum Gasteiger partial charge on any atom is 0.326 e. The Hall–Kier alpha value is -3.03. The van der Waals surface area contributed by atoms with Crippen LogP contribution in [-0.4, -0.2) is 85.4 Å². The van der Waals surface area contributed by atoms with E-state index in [1.165, 1.54) is 26.4 Å². The molecule has 13 heteroatoms. The molecule has 0 aliphatic heterocycles. The van der Waals surface area contributed by atoms with Crippen LogP contribution in [0.25, 0.3) is 0 Å². The number of nitrogens with two attached hydrogens (primary N) is 1. The molecule has 0 aliphatic rings. The Morgan fingerprint density at radius 2 is 1.58 bits per heavy atom. The van der Waals surface area contributed by atoms with Gasteiger partial charge in [-0.05, 0) is 19.8 Å². The third-order valence-electron chi connectivity index (χ3n) is 5.27. The number of nitrogens with one attached hydrogen (secondary N) is 4. The SMILES string of the molecule is CCC(C)C(NC(=O)C(N)C(C)O)C(=O)NC(C(=O)NC(Cc1cnc[nH]1)C(=O)O)C(C)O. The molecule has 0 saturated carbocycles. The molecule has 1 heterocycles. The first-order valence-corrected chi connectivity index (χ1v) is 10.6. The highest BCUT2D eigenvalue weighted by Crippen LogP contribution is 2.10. The molecule has 7 unspecified atom stereocenters. The Kier molecular flexibility index (Phi) is 10.9. The van der Waals surface area contributed by atoms with Gasteiger partial charge in [-0.15, -0.1) is 0 Å². The fourth-order valence-corrected chi connectivity index (χ4v) is 2.90. The number of amides is 3. The number of nitrogens with zero attached hydrogens (tertiary/aromatic N) is 1. The van der Waals surface area contributed by atoms with Crippen molar-refractivity contribution in [2.75, 3.05) is 0 Å². The van der Waals surface area contributed by atoms with E-state index in [0.717, 1.165) is 0 Å². The molecule has 0 bridgehead atoms. The number of carboxylic acid groups (broad SMARTS) is 1. The van der Waals surface area contributed by atoms with Crippen LogP contribution >= 0.6 is 0 Å². The van der Waals surface area contributed by atoms with Crippen molar-refractivity contribution < 1.29 is 34.5 Å². The molecule has 9 N–H and O–H groups in total. The van der Waals surface area contributed by atoms with E-state index in [9.17, 15) is 34.5 Å². The van der Waals surface area contributed by atoms with Gasteiger partial charge in [0.1, 0.15) is 24.2 Å². The summed E-state index contributed by atoms with van der Waals surface area (Å²) in [6.45, 7) is 6.08. The van der Waals surface area contributed by atoms with E-state index in [1.54, 1.807) is 13.8 Å². The van der Waals surface area contributed by atoms with Crippen molar-refractivity contribution in [1.82, 2.24) is 25.9 Å². The number of carboxylic acids is 1. The van der Waals surface area contributed by atoms with Gasteiger partial charge in [0, 0.05) is 18.3 Å². The van der Waals surface area contributed by atoms with Gasteiger partial charge in [-0.1, -0.05) is 20.3 Å². The lowest BCUT2D eigenvalue weighted by Crippen LogP contribution is -2.61. The number of aromatic nitrogens is 2. The number of carbonyl (C=O) groups excluding carboxylic acids is 3. The van der Waals surface area contributed by atoms with E-state index in [0.29, 0.717) is 12.1 Å². The van der Waals surface area contributed by atoms with Crippen LogP contribution in [0, 0.1) is 5.92 Å². The fraction of sp³-hybridized carbons (Fsp3) is 0.650. The summed E-state index contributed by atoms with van der Waals surface area (Å²) >= 11 is 0. The topological polar surface area (TPSA) is 220 Å². The van der Waals surface area contributed by atoms with E-state index in [-0.39, 0.29) is 12.3 Å². The Bertz CT molecular complexity index is 799. The lowest BCUT2D eigenvalue weighted by Gasteiger charge is -2.29. The highest BCUT2D eigenvalue weighted by Gasteiger charge is 2.34. The third-order valence-corrected chi connectivity index (χ3v) is 5.27. The van der Waals surface area contributed by atoms with Crippen molar-refractivity contribution in [2.24, 2.45) is 11.7 Å². The first-order chi connectivity index (χ1) is 15.4. The second-order valence-corrected chi connectivity index (χ2v) is 8.05. The molecule has 7 atom stereocenters. The molecule has 3 amide bonds. The summed E-state index contributed by atoms with van der Waals surface area (Å²) < 4.78 is 0. The van der Waals surface area contributed by atoms with E-state index in [2.05, 4.69) is 25.9 Å². The van der Waals surface area contributed by atoms with Gasteiger partial charge >= 0.3 is 5.97 Å². The first kappa shape index (κ1) is 28.0. The normalized spacial score (nSPS) is 17.5. The summed E-state index contributed by atoms with van der Waals surface area (Å²) in [6.07, 6.45) is 0.645. The summed E-state index contributed by atoms with van der Waals surface area (Å²) in [5.41, 5.74) is 6.09. The average molecular weight is 471 g/mol. The molecular weight excluding hydrogens is 436 g/mol. The number of aliphatic hydroxyl groups excluding tert-OH is 2. The minimum absolute atomic E-state index is 0.0929. The minimum Gasteiger partial charge on any atom is -0.480 e. The van der Waals surface area contributed by atoms with Gasteiger partial charge < -0.3 is 42.0 Å². The van der Waals surface area contributed by atoms with Crippen molar-refractivity contribution >= 4 is 23.7 Å². The number of carbonyl (C=O) groups is 4. The molecule has 186 valence electrons. The van der Waals surface area contributed by atoms with Crippen molar-refractivity contribution in [3.63, 3.8) is 0 Å². The third kappa shape index (κ3) is 8.44. The van der Waals surface area contributed by atoms with Gasteiger partial charge in [0.25, 0.3) is 0 Å². The zero-order chi connectivity index (χ0) is 25.3. The van der Waals surface area contributed by atoms with Gasteiger partial charge in [-0.25, -0.2) is 9.78 Å². The molecule has 1 aromatic rings. The predicted octanol–water partition coefficient (Wildman–Crippen LogP) is -2.37. The van der Waals surface area contributed by atoms with Crippen molar-refractivity contribution in [3.8, 4) is 0 Å². The molecule has 13 nitrogen and oxygen atoms in total. The highest BCUT2D eigenvalue weighted by atomic mass is 16.4. The van der Waals surface area contributed by atoms with Crippen LogP contribution in [0.2, 0.25) is 0 Å². The second-order valence-electron chi connectivity index (χ2n) is 8.05. The molecule has 0 saturated heterocycles. The number of aliphatic carboxylic acids is 1. The number of rotatable bonds is 13. The molecule has 0 spiro atoms. The Balaban J connectivity index is 2.97. The van der Waals surface area contributed by atoms with Gasteiger partial charge in [0.05, 0.1) is 18.5 Å². The van der Waals surface area contributed by atoms with Crippen molar-refractivity contribution in [1.29, 1.82) is 0 Å². The number of imidazole rings is 1. The van der Waals surface area contributed by atoms with Gasteiger partial charge in [-0.2, -0.15) is 0 Å². The molecule has 1 aromatic heterocycles. The van der Waals surface area contributed by atoms with Crippen LogP contribution < -0.4 is 21.7 Å². The Labute approximate surface area is 191 Å². The van der Waals surface area contributed by atoms with Crippen LogP contribution in [0.5, 0.6) is 0 Å². The number of H-pyrrole nitrogens is 1. The molecule has 0 aliphatic carbocycles. The largest absolute Gasteiger partial charge is 0.480 e. The lowest BCUT2D eigenvalue weighted by atomic mass is 9.97. The summed E-state index contributed by atoms with van der Waals surface area (Å²) in [4.78, 5) is 56.0. The van der Waals surface area contributed by atoms with Crippen molar-refractivity contribution in [3.05, 3.63) is 18.2 Å². The average Bonchev–Trinajstić information content (AvgIpc) is 3.26. The quantitative estimate of drug-likeness (QED) is 0.154. The standard InChI is InChI=1S/C20H34N6O7/c1-5-9(2)15(25-17(29)14(21)10(3)27)18(30)26-16(11(4)28)19(31)24-13(20(32)33)6-12-7-22-8-23-12/h7-11,13-16,27-28H,5-6,21H2,1-4H3,(H,22,23)(H,24,31)(H,25,29)(H,26,30)(H,32,33). The second kappa shape index (κ2) is 12.9. The minimum atomic E-state index is -1.49. The smallest absolute Gasteiger partial charge is 0.326 e. The van der Waals surface area contributed by atoms with Crippen LogP contribution in [0.3, 0.4) is 0 Å². The molecule has 0 radical (unpaired) electrons. The van der Waals surface area contributed by atoms with Crippen LogP contribution in [0.4, 0.5) is 0 Å². The number of aromatic amines is 1. The van der Waals surface area contributed by atoms with E-state index in [1.807, 2.05) is 0 Å². The number of hydrogen-bond acceptors (Lipinski definition) is 8. The fourth-order valence-electron chi connectivity index (χ4n) is 2.90. The number of hydrogen-bond donors (Lipinski definition) is 8. The van der Waals surface area contributed by atoms with Crippen LogP contribution in [0.15, 0.2) is 12.5 Å². The summed E-state index contributed by atoms with van der Waals surface area (Å²) in [5.74, 6) is -4.13. The molecule has 0 fully saturated rings. The maximum absolute atomic E-state index is 12.9. The summed E-state index contributed by atoms with van der Waals surface area (Å²) in [7, 11) is 0. The molecule has 1 rings (SSSR count). The van der Waals surface area contributed by atoms with Gasteiger partial charge in [-0.3, -0.25) is 14.4 Å². The maximum atomic E-state index is 12.9. The van der Waals surface area contributed by atoms with Crippen LogP contribution in [-0.2, 0) is 25.6 Å². The van der Waals surface area contributed by atoms with Gasteiger partial charge in [0.15, 0.2) is 0 Å². The molecule has 0 aromatic carbocycles. The van der Waals surface area contributed by atoms with E-state index < -0.39 is 60.1 Å². The predicted molar refractivity (Wildman–Crippen MR) is 117 cm³/mol. The van der Waals surface area contributed by atoms with E-state index >= 15 is 0 Å². The molecular formula is C20H34N6O7. The Morgan fingerprint density at radius 1 is 1.00 bits per heavy atom. The number of aliphatic hydroxyl groups is 2. The van der Waals surface area contributed by atoms with Crippen LogP contribution in [0.1, 0.15) is 39.8 Å². The highest BCUT2D eigenvalue weighted by molar-refractivity contribution is 5.94. The monoisotopic (exact) mass is 470 g/mol. The zero-order valence-corrected chi connectivity index (χ0v) is 19.1. The Morgan fingerprint density at radius 3 is 2.03 bits per heavy atom. The summed E-state index contributed by atoms with van der Waals surface area (Å²) in [6, 6.07) is -5.21. The van der Waals surface area contributed by atoms with Gasteiger partial charge in [0.2, 0.25) is 17.7 Å². The lowest BCUT2D eigenvalue weighted by molar-refractivity contribution is -0.143.